The molecule has 1 saturated heterocycles. The van der Waals surface area contributed by atoms with Gasteiger partial charge in [-0.2, -0.15) is 0 Å². The van der Waals surface area contributed by atoms with Crippen molar-refractivity contribution in [1.82, 2.24) is 10.2 Å². The molecular weight excluding hydrogens is 524 g/mol. The van der Waals surface area contributed by atoms with Gasteiger partial charge >= 0.3 is 0 Å². The average Bonchev–Trinajstić information content (AvgIpc) is 3.77. The fraction of sp³-hybridized carbons (Fsp3) is 0.417. The number of benzene rings is 3. The van der Waals surface area contributed by atoms with Crippen LogP contribution in [0, 0.1) is 11.8 Å². The van der Waals surface area contributed by atoms with Crippen molar-refractivity contribution in [2.45, 2.75) is 62.5 Å². The van der Waals surface area contributed by atoms with Crippen molar-refractivity contribution in [1.29, 1.82) is 0 Å². The SMILES string of the molecule is O=Cc1ccc(-c2ccc(CCNC(=O)c3ccc4c5c3O[C@H]3C(=O)CCC6[C@@H](C4)N(CC4CC4)CC[C@@]563)cc2)cc1. The molecule has 3 aliphatic carbocycles. The molecule has 1 N–H and O–H groups in total. The van der Waals surface area contributed by atoms with Crippen LogP contribution in [-0.4, -0.2) is 54.7 Å². The third-order valence-corrected chi connectivity index (χ3v) is 10.7. The quantitative estimate of drug-likeness (QED) is 0.386. The first-order valence-corrected chi connectivity index (χ1v) is 15.6. The maximum absolute atomic E-state index is 13.5. The Kier molecular flexibility index (Phi) is 6.11. The molecule has 214 valence electrons. The Bertz CT molecular complexity index is 1580. The summed E-state index contributed by atoms with van der Waals surface area (Å²) < 4.78 is 6.56. The maximum atomic E-state index is 13.5. The molecule has 3 aromatic carbocycles. The number of hydrogen-bond acceptors (Lipinski definition) is 5. The molecule has 2 heterocycles. The molecule has 0 aromatic heterocycles. The number of likely N-dealkylation sites (tertiary alicyclic amines) is 1. The van der Waals surface area contributed by atoms with E-state index in [1.807, 2.05) is 30.3 Å². The number of hydrogen-bond donors (Lipinski definition) is 1. The minimum atomic E-state index is -0.446. The lowest BCUT2D eigenvalue weighted by Gasteiger charge is -2.57. The van der Waals surface area contributed by atoms with Gasteiger partial charge in [0.15, 0.2) is 11.9 Å². The number of ketones is 1. The molecular formula is C36H36N2O4. The molecule has 3 aromatic rings. The van der Waals surface area contributed by atoms with E-state index in [1.165, 1.54) is 30.5 Å². The number of carbonyl (C=O) groups is 3. The van der Waals surface area contributed by atoms with Crippen molar-refractivity contribution in [3.05, 3.63) is 88.5 Å². The molecule has 1 spiro atoms. The molecule has 42 heavy (non-hydrogen) atoms. The molecule has 6 heteroatoms. The molecule has 4 atom stereocenters. The molecule has 0 radical (unpaired) electrons. The van der Waals surface area contributed by atoms with Gasteiger partial charge in [-0.3, -0.25) is 19.3 Å². The van der Waals surface area contributed by atoms with Gasteiger partial charge in [-0.15, -0.1) is 0 Å². The van der Waals surface area contributed by atoms with E-state index in [2.05, 4.69) is 40.5 Å². The van der Waals surface area contributed by atoms with E-state index in [0.29, 0.717) is 48.2 Å². The lowest BCUT2D eigenvalue weighted by molar-refractivity contribution is -0.138. The van der Waals surface area contributed by atoms with Gasteiger partial charge in [0.1, 0.15) is 12.0 Å². The molecule has 1 amide bonds. The molecule has 2 bridgehead atoms. The lowest BCUT2D eigenvalue weighted by atomic mass is 9.51. The van der Waals surface area contributed by atoms with Crippen molar-refractivity contribution in [2.24, 2.45) is 11.8 Å². The van der Waals surface area contributed by atoms with E-state index < -0.39 is 6.10 Å². The zero-order valence-electron chi connectivity index (χ0n) is 23.8. The fourth-order valence-electron chi connectivity index (χ4n) is 8.49. The standard InChI is InChI=1S/C36H36N2O4/c39-21-24-5-9-26(10-6-24)25-7-3-22(4-8-25)15-17-37-35(41)28-12-11-27-19-30-29-13-14-31(40)34-36(29,32(27)33(28)42-34)16-18-38(30)20-23-1-2-23/h3-12,21,23,29-30,34H,1-2,13-20H2,(H,37,41)/t29?,30-,34+,36+/m1/s1. The van der Waals surface area contributed by atoms with Crippen LogP contribution >= 0.6 is 0 Å². The van der Waals surface area contributed by atoms with Crippen molar-refractivity contribution >= 4 is 18.0 Å². The van der Waals surface area contributed by atoms with E-state index in [-0.39, 0.29) is 17.1 Å². The summed E-state index contributed by atoms with van der Waals surface area (Å²) in [6, 6.07) is 20.4. The highest BCUT2D eigenvalue weighted by molar-refractivity contribution is 5.99. The number of nitrogens with one attached hydrogen (secondary N) is 1. The highest BCUT2D eigenvalue weighted by atomic mass is 16.5. The Hall–Kier alpha value is -3.77. The first-order valence-electron chi connectivity index (χ1n) is 15.6. The van der Waals surface area contributed by atoms with E-state index in [1.54, 1.807) is 0 Å². The van der Waals surface area contributed by atoms with E-state index >= 15 is 0 Å². The zero-order chi connectivity index (χ0) is 28.4. The Labute approximate surface area is 246 Å². The molecule has 5 aliphatic rings. The van der Waals surface area contributed by atoms with Crippen LogP contribution in [0.5, 0.6) is 5.75 Å². The largest absolute Gasteiger partial charge is 0.481 e. The van der Waals surface area contributed by atoms with Crippen molar-refractivity contribution < 1.29 is 19.1 Å². The second kappa shape index (κ2) is 9.91. The number of Topliss-reactive ketones (excluding diaryl/α,β-unsaturated/α-hetero) is 1. The number of piperidine rings is 1. The smallest absolute Gasteiger partial charge is 0.255 e. The second-order valence-corrected chi connectivity index (χ2v) is 13.0. The van der Waals surface area contributed by atoms with Crippen LogP contribution in [0.15, 0.2) is 60.7 Å². The fourth-order valence-corrected chi connectivity index (χ4v) is 8.49. The van der Waals surface area contributed by atoms with Crippen LogP contribution in [0.3, 0.4) is 0 Å². The summed E-state index contributed by atoms with van der Waals surface area (Å²) >= 11 is 0. The van der Waals surface area contributed by atoms with Crippen molar-refractivity contribution in [3.63, 3.8) is 0 Å². The summed E-state index contributed by atoms with van der Waals surface area (Å²) in [6.07, 6.45) is 7.27. The van der Waals surface area contributed by atoms with Crippen LogP contribution in [0.2, 0.25) is 0 Å². The number of nitrogens with zero attached hydrogens (tertiary/aromatic N) is 1. The van der Waals surface area contributed by atoms with Gasteiger partial charge in [0.2, 0.25) is 0 Å². The average molecular weight is 561 g/mol. The molecule has 3 fully saturated rings. The topological polar surface area (TPSA) is 75.7 Å². The van der Waals surface area contributed by atoms with Crippen LogP contribution in [-0.2, 0) is 23.1 Å². The number of ether oxygens (including phenoxy) is 1. The molecule has 8 rings (SSSR count). The summed E-state index contributed by atoms with van der Waals surface area (Å²) in [5, 5.41) is 3.12. The Balaban J connectivity index is 0.996. The summed E-state index contributed by atoms with van der Waals surface area (Å²) in [4.78, 5) is 40.5. The van der Waals surface area contributed by atoms with Gasteiger partial charge < -0.3 is 10.1 Å². The Morgan fingerprint density at radius 3 is 2.50 bits per heavy atom. The van der Waals surface area contributed by atoms with E-state index in [9.17, 15) is 14.4 Å². The van der Waals surface area contributed by atoms with Crippen LogP contribution < -0.4 is 10.1 Å². The minimum Gasteiger partial charge on any atom is -0.481 e. The highest BCUT2D eigenvalue weighted by Crippen LogP contribution is 2.62. The predicted molar refractivity (Wildman–Crippen MR) is 160 cm³/mol. The van der Waals surface area contributed by atoms with Crippen LogP contribution in [0.4, 0.5) is 0 Å². The highest BCUT2D eigenvalue weighted by Gasteiger charge is 2.66. The number of carbonyl (C=O) groups excluding carboxylic acids is 3. The third kappa shape index (κ3) is 4.06. The summed E-state index contributed by atoms with van der Waals surface area (Å²) in [6.45, 7) is 2.72. The van der Waals surface area contributed by atoms with Gasteiger partial charge in [-0.1, -0.05) is 54.6 Å². The predicted octanol–water partition coefficient (Wildman–Crippen LogP) is 5.16. The van der Waals surface area contributed by atoms with Gasteiger partial charge in [0.05, 0.1) is 5.56 Å². The minimum absolute atomic E-state index is 0.132. The monoisotopic (exact) mass is 560 g/mol. The molecule has 2 saturated carbocycles. The van der Waals surface area contributed by atoms with E-state index in [0.717, 1.165) is 54.7 Å². The first-order chi connectivity index (χ1) is 20.5. The molecule has 1 unspecified atom stereocenters. The number of rotatable bonds is 8. The van der Waals surface area contributed by atoms with Gasteiger partial charge in [0.25, 0.3) is 5.91 Å². The van der Waals surface area contributed by atoms with Crippen molar-refractivity contribution in [2.75, 3.05) is 19.6 Å². The summed E-state index contributed by atoms with van der Waals surface area (Å²) in [5.74, 6) is 2.02. The lowest BCUT2D eigenvalue weighted by Crippen LogP contribution is -2.66. The Morgan fingerprint density at radius 1 is 1.00 bits per heavy atom. The van der Waals surface area contributed by atoms with Gasteiger partial charge in [0, 0.05) is 42.1 Å². The third-order valence-electron chi connectivity index (χ3n) is 10.7. The van der Waals surface area contributed by atoms with E-state index in [4.69, 9.17) is 4.74 Å². The normalized spacial score (nSPS) is 27.2. The van der Waals surface area contributed by atoms with Crippen molar-refractivity contribution in [3.8, 4) is 16.9 Å². The van der Waals surface area contributed by atoms with Gasteiger partial charge in [-0.25, -0.2) is 0 Å². The summed E-state index contributed by atoms with van der Waals surface area (Å²) in [5.41, 5.74) is 6.70. The van der Waals surface area contributed by atoms with Gasteiger partial charge in [-0.05, 0) is 85.2 Å². The molecule has 6 nitrogen and oxygen atoms in total. The maximum Gasteiger partial charge on any atom is 0.255 e. The number of amides is 1. The first kappa shape index (κ1) is 25.9. The number of aldehydes is 1. The summed E-state index contributed by atoms with van der Waals surface area (Å²) in [7, 11) is 0. The Morgan fingerprint density at radius 2 is 1.76 bits per heavy atom. The van der Waals surface area contributed by atoms with Crippen LogP contribution in [0.25, 0.3) is 11.1 Å². The zero-order valence-corrected chi connectivity index (χ0v) is 23.8. The second-order valence-electron chi connectivity index (χ2n) is 13.0. The van der Waals surface area contributed by atoms with Crippen LogP contribution in [0.1, 0.15) is 69.5 Å². The molecule has 2 aliphatic heterocycles.